The normalized spacial score (nSPS) is 21.3. The number of nitrogen functional groups attached to an aromatic ring is 1. The molecule has 2 atom stereocenters. The maximum Gasteiger partial charge on any atom is 0.278 e. The van der Waals surface area contributed by atoms with Gasteiger partial charge in [-0.3, -0.25) is 9.78 Å². The highest BCUT2D eigenvalue weighted by Gasteiger charge is 2.53. The van der Waals surface area contributed by atoms with E-state index in [1.165, 1.54) is 6.20 Å². The second-order valence-corrected chi connectivity index (χ2v) is 8.15. The minimum Gasteiger partial charge on any atom is -0.389 e. The van der Waals surface area contributed by atoms with Crippen molar-refractivity contribution in [1.82, 2.24) is 15.0 Å². The third kappa shape index (κ3) is 3.63. The first-order chi connectivity index (χ1) is 15.5. The van der Waals surface area contributed by atoms with Crippen molar-refractivity contribution in [1.29, 1.82) is 0 Å². The van der Waals surface area contributed by atoms with E-state index in [1.807, 2.05) is 30.3 Å². The molecule has 1 saturated heterocycles. The number of hydrogen-bond acceptors (Lipinski definition) is 7. The number of aliphatic hydroxyl groups excluding tert-OH is 1. The van der Waals surface area contributed by atoms with Crippen LogP contribution in [-0.4, -0.2) is 37.7 Å². The number of anilines is 2. The lowest BCUT2D eigenvalue weighted by Gasteiger charge is -2.36. The first-order valence-electron chi connectivity index (χ1n) is 10.5. The Labute approximate surface area is 185 Å². The van der Waals surface area contributed by atoms with Crippen molar-refractivity contribution in [3.05, 3.63) is 78.4 Å². The van der Waals surface area contributed by atoms with E-state index in [1.54, 1.807) is 18.5 Å². The average Bonchev–Trinajstić information content (AvgIpc) is 3.58. The van der Waals surface area contributed by atoms with Crippen molar-refractivity contribution >= 4 is 17.4 Å². The van der Waals surface area contributed by atoms with Gasteiger partial charge in [0, 0.05) is 23.7 Å². The molecule has 0 unspecified atom stereocenters. The Hall–Kier alpha value is -3.62. The molecule has 0 radical (unpaired) electrons. The molecule has 1 saturated carbocycles. The van der Waals surface area contributed by atoms with Gasteiger partial charge >= 0.3 is 0 Å². The minimum atomic E-state index is -0.656. The molecule has 1 spiro atoms. The standard InChI is InChI=1S/C24H23N5O3/c1-14-19(30)11-20(32-24(14)8-9-24)16-7-10-26-12-18(16)29-23(31)21-22(25)27-13-17(28-21)15-5-3-2-4-6-15/h2-7,10,12-13,19-20,30H,1,8-9,11H2,(H2,25,27)(H,29,31)/t19-,20-/m0/s1. The van der Waals surface area contributed by atoms with Crippen molar-refractivity contribution < 1.29 is 14.6 Å². The molecule has 4 N–H and O–H groups in total. The largest absolute Gasteiger partial charge is 0.389 e. The van der Waals surface area contributed by atoms with Crippen molar-refractivity contribution in [2.45, 2.75) is 37.1 Å². The van der Waals surface area contributed by atoms with Crippen molar-refractivity contribution in [3.63, 3.8) is 0 Å². The second kappa shape index (κ2) is 7.81. The van der Waals surface area contributed by atoms with Crippen molar-refractivity contribution in [2.75, 3.05) is 11.1 Å². The van der Waals surface area contributed by atoms with Gasteiger partial charge in [0.2, 0.25) is 0 Å². The number of aliphatic hydroxyl groups is 1. The smallest absolute Gasteiger partial charge is 0.278 e. The zero-order valence-corrected chi connectivity index (χ0v) is 17.4. The lowest BCUT2D eigenvalue weighted by atomic mass is 9.91. The minimum absolute atomic E-state index is 0.0257. The van der Waals surface area contributed by atoms with Crippen LogP contribution in [0.4, 0.5) is 11.5 Å². The third-order valence-electron chi connectivity index (χ3n) is 6.03. The maximum absolute atomic E-state index is 13.1. The maximum atomic E-state index is 13.1. The van der Waals surface area contributed by atoms with E-state index in [0.29, 0.717) is 17.8 Å². The Balaban J connectivity index is 1.42. The number of carbonyl (C=O) groups excluding carboxylic acids is 1. The molecule has 8 heteroatoms. The van der Waals surface area contributed by atoms with Gasteiger partial charge < -0.3 is 20.9 Å². The monoisotopic (exact) mass is 429 g/mol. The zero-order chi connectivity index (χ0) is 22.3. The highest BCUT2D eigenvalue weighted by molar-refractivity contribution is 6.06. The second-order valence-electron chi connectivity index (χ2n) is 8.15. The molecule has 2 aliphatic rings. The number of carbonyl (C=O) groups is 1. The fourth-order valence-electron chi connectivity index (χ4n) is 4.07. The number of aromatic nitrogens is 3. The van der Waals surface area contributed by atoms with Crippen LogP contribution in [0.1, 0.15) is 41.4 Å². The molecule has 162 valence electrons. The summed E-state index contributed by atoms with van der Waals surface area (Å²) in [5.41, 5.74) is 8.84. The van der Waals surface area contributed by atoms with Gasteiger partial charge in [-0.2, -0.15) is 0 Å². The van der Waals surface area contributed by atoms with Crippen molar-refractivity contribution in [3.8, 4) is 11.3 Å². The van der Waals surface area contributed by atoms with Gasteiger partial charge in [-0.25, -0.2) is 9.97 Å². The zero-order valence-electron chi connectivity index (χ0n) is 17.4. The average molecular weight is 429 g/mol. The molecule has 2 aromatic heterocycles. The highest BCUT2D eigenvalue weighted by atomic mass is 16.5. The number of nitrogens with one attached hydrogen (secondary N) is 1. The predicted molar refractivity (Wildman–Crippen MR) is 120 cm³/mol. The molecule has 8 nitrogen and oxygen atoms in total. The van der Waals surface area contributed by atoms with Gasteiger partial charge in [0.15, 0.2) is 11.5 Å². The molecular weight excluding hydrogens is 406 g/mol. The quantitative estimate of drug-likeness (QED) is 0.544. The van der Waals surface area contributed by atoms with Crippen LogP contribution >= 0.6 is 0 Å². The summed E-state index contributed by atoms with van der Waals surface area (Å²) in [6, 6.07) is 11.2. The first kappa shape index (κ1) is 20.3. The Bertz CT molecular complexity index is 1190. The van der Waals surface area contributed by atoms with Gasteiger partial charge in [-0.05, 0) is 24.5 Å². The molecule has 32 heavy (non-hydrogen) atoms. The van der Waals surface area contributed by atoms with Crippen LogP contribution in [0.3, 0.4) is 0 Å². The van der Waals surface area contributed by atoms with E-state index >= 15 is 0 Å². The summed E-state index contributed by atoms with van der Waals surface area (Å²) < 4.78 is 6.29. The molecule has 2 fully saturated rings. The number of rotatable bonds is 4. The summed E-state index contributed by atoms with van der Waals surface area (Å²) in [4.78, 5) is 25.8. The van der Waals surface area contributed by atoms with E-state index in [0.717, 1.165) is 29.5 Å². The van der Waals surface area contributed by atoms with E-state index in [-0.39, 0.29) is 11.5 Å². The van der Waals surface area contributed by atoms with E-state index in [2.05, 4.69) is 26.8 Å². The summed E-state index contributed by atoms with van der Waals surface area (Å²) >= 11 is 0. The number of benzene rings is 1. The summed E-state index contributed by atoms with van der Waals surface area (Å²) in [5.74, 6) is -0.464. The lowest BCUT2D eigenvalue weighted by Crippen LogP contribution is -2.35. The summed E-state index contributed by atoms with van der Waals surface area (Å²) in [6.45, 7) is 4.01. The Kier molecular flexibility index (Phi) is 4.96. The lowest BCUT2D eigenvalue weighted by molar-refractivity contribution is -0.0722. The van der Waals surface area contributed by atoms with Gasteiger partial charge in [-0.15, -0.1) is 0 Å². The van der Waals surface area contributed by atoms with Gasteiger partial charge in [0.05, 0.1) is 41.6 Å². The van der Waals surface area contributed by atoms with Crippen LogP contribution in [0, 0.1) is 0 Å². The first-order valence-corrected chi connectivity index (χ1v) is 10.5. The molecule has 1 aliphatic heterocycles. The molecule has 1 amide bonds. The predicted octanol–water partition coefficient (Wildman–Crippen LogP) is 3.28. The van der Waals surface area contributed by atoms with Crippen LogP contribution in [-0.2, 0) is 4.74 Å². The van der Waals surface area contributed by atoms with Crippen LogP contribution < -0.4 is 11.1 Å². The molecule has 3 heterocycles. The molecule has 5 rings (SSSR count). The third-order valence-corrected chi connectivity index (χ3v) is 6.03. The van der Waals surface area contributed by atoms with E-state index in [4.69, 9.17) is 10.5 Å². The van der Waals surface area contributed by atoms with E-state index in [9.17, 15) is 9.90 Å². The Morgan fingerprint density at radius 1 is 1.22 bits per heavy atom. The number of nitrogens with zero attached hydrogens (tertiary/aromatic N) is 3. The van der Waals surface area contributed by atoms with Crippen molar-refractivity contribution in [2.24, 2.45) is 0 Å². The number of pyridine rings is 1. The van der Waals surface area contributed by atoms with Crippen LogP contribution in [0.5, 0.6) is 0 Å². The number of hydrogen-bond donors (Lipinski definition) is 3. The topological polar surface area (TPSA) is 123 Å². The summed E-state index contributed by atoms with van der Waals surface area (Å²) in [5, 5.41) is 13.3. The van der Waals surface area contributed by atoms with Gasteiger partial charge in [-0.1, -0.05) is 36.9 Å². The fourth-order valence-corrected chi connectivity index (χ4v) is 4.07. The summed E-state index contributed by atoms with van der Waals surface area (Å²) in [6.07, 6.45) is 5.71. The van der Waals surface area contributed by atoms with Gasteiger partial charge in [0.25, 0.3) is 5.91 Å². The molecular formula is C24H23N5O3. The Morgan fingerprint density at radius 3 is 2.75 bits per heavy atom. The Morgan fingerprint density at radius 2 is 2.00 bits per heavy atom. The molecule has 1 aromatic carbocycles. The number of amides is 1. The van der Waals surface area contributed by atoms with Crippen LogP contribution in [0.2, 0.25) is 0 Å². The number of nitrogens with two attached hydrogens (primary N) is 1. The number of ether oxygens (including phenoxy) is 1. The highest BCUT2D eigenvalue weighted by Crippen LogP contribution is 2.54. The van der Waals surface area contributed by atoms with Crippen LogP contribution in [0.25, 0.3) is 11.3 Å². The van der Waals surface area contributed by atoms with Crippen LogP contribution in [0.15, 0.2) is 67.1 Å². The molecule has 0 bridgehead atoms. The summed E-state index contributed by atoms with van der Waals surface area (Å²) in [7, 11) is 0. The van der Waals surface area contributed by atoms with Gasteiger partial charge in [0.1, 0.15) is 0 Å². The molecule has 1 aliphatic carbocycles. The molecule has 3 aromatic rings. The SMILES string of the molecule is C=C1[C@@H](O)C[C@@H](c2ccncc2NC(=O)c2nc(-c3ccccc3)cnc2N)OC12CC2. The van der Waals surface area contributed by atoms with E-state index < -0.39 is 23.7 Å². The fraction of sp³-hybridized carbons (Fsp3) is 0.250.